The normalized spacial score (nSPS) is 13.8. The monoisotopic (exact) mass is 492 g/mol. The lowest BCUT2D eigenvalue weighted by Gasteiger charge is -2.33. The number of phenolic OH excluding ortho intramolecular Hbond substituents is 2. The van der Waals surface area contributed by atoms with Crippen LogP contribution >= 0.6 is 46.4 Å². The van der Waals surface area contributed by atoms with Crippen molar-refractivity contribution >= 4 is 56.5 Å². The van der Waals surface area contributed by atoms with Gasteiger partial charge in [-0.3, -0.25) is 4.55 Å². The number of benzene rings is 3. The predicted octanol–water partition coefficient (Wildman–Crippen LogP) is 5.89. The Labute approximate surface area is 186 Å². The Morgan fingerprint density at radius 2 is 1.34 bits per heavy atom. The van der Waals surface area contributed by atoms with E-state index >= 15 is 0 Å². The number of halogens is 4. The number of phenols is 2. The van der Waals surface area contributed by atoms with E-state index in [0.29, 0.717) is 5.02 Å². The van der Waals surface area contributed by atoms with Crippen LogP contribution in [-0.2, 0) is 14.9 Å². The first kappa shape index (κ1) is 22.0. The lowest BCUT2D eigenvalue weighted by Crippen LogP contribution is -2.38. The molecule has 0 aromatic heterocycles. The van der Waals surface area contributed by atoms with Crippen LogP contribution in [0.15, 0.2) is 54.6 Å². The standard InChI is InChI=1S/C19H12Cl4O5S/c20-12-4-1-10(2-5-12)19(29(26,27)28,11-3-6-15(21)16(22)7-11)14-8-13(24)9-17(25)18(14)23/h1-9,24-25H,(H,26,27,28). The molecule has 0 spiro atoms. The molecule has 0 amide bonds. The van der Waals surface area contributed by atoms with Crippen molar-refractivity contribution < 1.29 is 23.2 Å². The van der Waals surface area contributed by atoms with Crippen molar-refractivity contribution in [3.63, 3.8) is 0 Å². The summed E-state index contributed by atoms with van der Waals surface area (Å²) in [5, 5.41) is 20.2. The van der Waals surface area contributed by atoms with Crippen LogP contribution in [0.4, 0.5) is 0 Å². The first-order valence-electron chi connectivity index (χ1n) is 7.89. The van der Waals surface area contributed by atoms with Crippen LogP contribution in [0.5, 0.6) is 11.5 Å². The summed E-state index contributed by atoms with van der Waals surface area (Å²) >= 11 is 24.3. The van der Waals surface area contributed by atoms with E-state index in [2.05, 4.69) is 0 Å². The van der Waals surface area contributed by atoms with Gasteiger partial charge in [0, 0.05) is 16.7 Å². The summed E-state index contributed by atoms with van der Waals surface area (Å²) in [4.78, 5) is 0. The zero-order valence-corrected chi connectivity index (χ0v) is 18.1. The van der Waals surface area contributed by atoms with Gasteiger partial charge in [0.2, 0.25) is 0 Å². The molecular weight excluding hydrogens is 482 g/mol. The van der Waals surface area contributed by atoms with Crippen LogP contribution in [0.2, 0.25) is 20.1 Å². The summed E-state index contributed by atoms with van der Waals surface area (Å²) in [5.41, 5.74) is -0.279. The van der Waals surface area contributed by atoms with Crippen LogP contribution in [0.3, 0.4) is 0 Å². The lowest BCUT2D eigenvalue weighted by atomic mass is 9.83. The average molecular weight is 494 g/mol. The maximum absolute atomic E-state index is 12.9. The molecule has 0 saturated heterocycles. The average Bonchev–Trinajstić information content (AvgIpc) is 2.62. The third-order valence-corrected chi connectivity index (χ3v) is 7.23. The van der Waals surface area contributed by atoms with Gasteiger partial charge in [-0.1, -0.05) is 64.6 Å². The molecule has 5 nitrogen and oxygen atoms in total. The molecule has 0 heterocycles. The van der Waals surface area contributed by atoms with Crippen molar-refractivity contribution in [2.24, 2.45) is 0 Å². The molecule has 3 N–H and O–H groups in total. The zero-order chi connectivity index (χ0) is 21.6. The molecule has 1 atom stereocenters. The van der Waals surface area contributed by atoms with Gasteiger partial charge in [0.25, 0.3) is 10.1 Å². The first-order valence-corrected chi connectivity index (χ1v) is 10.8. The van der Waals surface area contributed by atoms with E-state index in [-0.39, 0.29) is 31.8 Å². The van der Waals surface area contributed by atoms with Gasteiger partial charge in [0.1, 0.15) is 11.5 Å². The summed E-state index contributed by atoms with van der Waals surface area (Å²) < 4.78 is 34.0. The van der Waals surface area contributed by atoms with E-state index in [1.807, 2.05) is 0 Å². The number of aromatic hydroxyl groups is 2. The summed E-state index contributed by atoms with van der Waals surface area (Å²) in [6, 6.07) is 11.5. The summed E-state index contributed by atoms with van der Waals surface area (Å²) in [5.74, 6) is -1.05. The molecule has 3 rings (SSSR count). The Morgan fingerprint density at radius 1 is 0.759 bits per heavy atom. The third-order valence-electron chi connectivity index (χ3n) is 4.38. The minimum absolute atomic E-state index is 0.0200. The Morgan fingerprint density at radius 3 is 1.90 bits per heavy atom. The lowest BCUT2D eigenvalue weighted by molar-refractivity contribution is 0.444. The summed E-state index contributed by atoms with van der Waals surface area (Å²) in [6.45, 7) is 0. The Hall–Kier alpha value is -1.67. The molecule has 0 saturated carbocycles. The molecule has 0 aliphatic rings. The molecule has 0 bridgehead atoms. The predicted molar refractivity (Wildman–Crippen MR) is 114 cm³/mol. The Kier molecular flexibility index (Phi) is 5.98. The SMILES string of the molecule is O=S(=O)(O)C(c1ccc(Cl)cc1)(c1ccc(Cl)c(Cl)c1)c1cc(O)cc(O)c1Cl. The van der Waals surface area contributed by atoms with E-state index in [1.165, 1.54) is 42.5 Å². The highest BCUT2D eigenvalue weighted by Gasteiger charge is 2.50. The van der Waals surface area contributed by atoms with E-state index < -0.39 is 26.4 Å². The highest BCUT2D eigenvalue weighted by Crippen LogP contribution is 2.50. The van der Waals surface area contributed by atoms with Gasteiger partial charge in [-0.15, -0.1) is 0 Å². The van der Waals surface area contributed by atoms with E-state index in [1.54, 1.807) is 0 Å². The molecule has 0 aliphatic heterocycles. The van der Waals surface area contributed by atoms with E-state index in [4.69, 9.17) is 46.4 Å². The number of hydrogen-bond acceptors (Lipinski definition) is 4. The Balaban J connectivity index is 2.58. The van der Waals surface area contributed by atoms with Gasteiger partial charge in [-0.2, -0.15) is 8.42 Å². The molecule has 152 valence electrons. The second kappa shape index (κ2) is 7.87. The fourth-order valence-electron chi connectivity index (χ4n) is 3.16. The van der Waals surface area contributed by atoms with Crippen LogP contribution in [0.25, 0.3) is 0 Å². The highest BCUT2D eigenvalue weighted by atomic mass is 35.5. The minimum Gasteiger partial charge on any atom is -0.508 e. The van der Waals surface area contributed by atoms with Gasteiger partial charge in [0.15, 0.2) is 4.75 Å². The van der Waals surface area contributed by atoms with Crippen molar-refractivity contribution in [3.8, 4) is 11.5 Å². The molecule has 0 fully saturated rings. The summed E-state index contributed by atoms with van der Waals surface area (Å²) in [6.07, 6.45) is 0. The minimum atomic E-state index is -5.04. The topological polar surface area (TPSA) is 94.8 Å². The van der Waals surface area contributed by atoms with Crippen LogP contribution in [-0.4, -0.2) is 23.2 Å². The van der Waals surface area contributed by atoms with E-state index in [0.717, 1.165) is 12.1 Å². The van der Waals surface area contributed by atoms with Crippen LogP contribution in [0.1, 0.15) is 16.7 Å². The largest absolute Gasteiger partial charge is 0.508 e. The van der Waals surface area contributed by atoms with Crippen molar-refractivity contribution in [1.29, 1.82) is 0 Å². The molecular formula is C19H12Cl4O5S. The van der Waals surface area contributed by atoms with Crippen LogP contribution < -0.4 is 0 Å². The van der Waals surface area contributed by atoms with Gasteiger partial charge in [0.05, 0.1) is 15.1 Å². The van der Waals surface area contributed by atoms with Gasteiger partial charge < -0.3 is 10.2 Å². The molecule has 0 radical (unpaired) electrons. The maximum atomic E-state index is 12.9. The fraction of sp³-hybridized carbons (Fsp3) is 0.0526. The highest BCUT2D eigenvalue weighted by molar-refractivity contribution is 7.87. The maximum Gasteiger partial charge on any atom is 0.283 e. The fourth-order valence-corrected chi connectivity index (χ4v) is 5.19. The van der Waals surface area contributed by atoms with Crippen LogP contribution in [0, 0.1) is 0 Å². The summed E-state index contributed by atoms with van der Waals surface area (Å²) in [7, 11) is -5.04. The Bertz CT molecular complexity index is 1200. The van der Waals surface area contributed by atoms with Crippen molar-refractivity contribution in [2.45, 2.75) is 4.75 Å². The van der Waals surface area contributed by atoms with Gasteiger partial charge >= 0.3 is 0 Å². The van der Waals surface area contributed by atoms with Gasteiger partial charge in [-0.25, -0.2) is 0 Å². The van der Waals surface area contributed by atoms with Crippen molar-refractivity contribution in [3.05, 3.63) is 91.4 Å². The molecule has 1 unspecified atom stereocenters. The third kappa shape index (κ3) is 3.77. The smallest absolute Gasteiger partial charge is 0.283 e. The molecule has 3 aromatic rings. The van der Waals surface area contributed by atoms with Crippen molar-refractivity contribution in [2.75, 3.05) is 0 Å². The van der Waals surface area contributed by atoms with E-state index in [9.17, 15) is 23.2 Å². The molecule has 3 aromatic carbocycles. The number of rotatable bonds is 4. The first-order chi connectivity index (χ1) is 13.5. The quantitative estimate of drug-likeness (QED) is 0.311. The number of hydrogen-bond donors (Lipinski definition) is 3. The second-order valence-electron chi connectivity index (χ2n) is 6.12. The molecule has 29 heavy (non-hydrogen) atoms. The van der Waals surface area contributed by atoms with Gasteiger partial charge in [-0.05, 0) is 41.5 Å². The molecule has 0 aliphatic carbocycles. The van der Waals surface area contributed by atoms with Crippen molar-refractivity contribution in [1.82, 2.24) is 0 Å². The zero-order valence-electron chi connectivity index (χ0n) is 14.3. The molecule has 10 heteroatoms. The second-order valence-corrected chi connectivity index (χ2v) is 9.31.